The number of hydrogen-bond acceptors (Lipinski definition) is 9. The van der Waals surface area contributed by atoms with Crippen LogP contribution in [0.1, 0.15) is 31.2 Å². The van der Waals surface area contributed by atoms with Crippen LogP contribution < -0.4 is 9.46 Å². The van der Waals surface area contributed by atoms with Crippen LogP contribution in [0.2, 0.25) is 0 Å². The number of aryl methyl sites for hydroxylation is 1. The number of H-pyrrole nitrogens is 1. The molecule has 38 heavy (non-hydrogen) atoms. The molecule has 2 atom stereocenters. The van der Waals surface area contributed by atoms with E-state index in [4.69, 9.17) is 4.74 Å². The summed E-state index contributed by atoms with van der Waals surface area (Å²) in [7, 11) is -2.59. The van der Waals surface area contributed by atoms with Gasteiger partial charge in [-0.25, -0.2) is 18.4 Å². The maximum atomic E-state index is 13.5. The molecular weight excluding hydrogens is 508 g/mol. The molecule has 0 aliphatic heterocycles. The highest BCUT2D eigenvalue weighted by atomic mass is 32.2. The van der Waals surface area contributed by atoms with E-state index in [1.165, 1.54) is 17.7 Å². The number of aromatic hydroxyl groups is 1. The molecule has 0 fully saturated rings. The van der Waals surface area contributed by atoms with E-state index in [2.05, 4.69) is 35.1 Å². The lowest BCUT2D eigenvalue weighted by molar-refractivity contribution is 0.405. The fraction of sp³-hybridized carbons (Fsp3) is 0.240. The summed E-state index contributed by atoms with van der Waals surface area (Å²) in [6, 6.07) is 12.1. The summed E-state index contributed by atoms with van der Waals surface area (Å²) in [4.78, 5) is 8.58. The third kappa shape index (κ3) is 4.41. The topological polar surface area (TPSA) is 161 Å². The first kappa shape index (κ1) is 25.1. The summed E-state index contributed by atoms with van der Waals surface area (Å²) >= 11 is 0. The molecule has 5 aromatic rings. The van der Waals surface area contributed by atoms with Crippen LogP contribution >= 0.6 is 0 Å². The van der Waals surface area contributed by atoms with E-state index >= 15 is 0 Å². The predicted molar refractivity (Wildman–Crippen MR) is 142 cm³/mol. The van der Waals surface area contributed by atoms with Crippen LogP contribution in [0.4, 0.5) is 5.95 Å². The van der Waals surface area contributed by atoms with Gasteiger partial charge in [-0.3, -0.25) is 14.4 Å². The minimum Gasteiger partial charge on any atom is -0.506 e. The van der Waals surface area contributed by atoms with Gasteiger partial charge in [-0.2, -0.15) is 5.10 Å². The smallest absolute Gasteiger partial charge is 0.243 e. The van der Waals surface area contributed by atoms with Gasteiger partial charge in [0, 0.05) is 23.7 Å². The second kappa shape index (κ2) is 9.74. The lowest BCUT2D eigenvalue weighted by atomic mass is 10.1. The molecule has 0 bridgehead atoms. The van der Waals surface area contributed by atoms with Crippen LogP contribution in [0.25, 0.3) is 28.1 Å². The van der Waals surface area contributed by atoms with E-state index in [1.54, 1.807) is 38.4 Å². The lowest BCUT2D eigenvalue weighted by Crippen LogP contribution is -2.31. The summed E-state index contributed by atoms with van der Waals surface area (Å²) in [5, 5.41) is 26.4. The van der Waals surface area contributed by atoms with Crippen LogP contribution in [-0.4, -0.2) is 60.8 Å². The van der Waals surface area contributed by atoms with Crippen molar-refractivity contribution in [3.05, 3.63) is 66.2 Å². The molecule has 0 saturated heterocycles. The summed E-state index contributed by atoms with van der Waals surface area (Å²) in [6.45, 7) is 5.17. The number of anilines is 1. The van der Waals surface area contributed by atoms with Gasteiger partial charge in [-0.15, -0.1) is 10.2 Å². The van der Waals surface area contributed by atoms with Crippen molar-refractivity contribution in [1.82, 2.24) is 34.9 Å². The maximum Gasteiger partial charge on any atom is 0.243 e. The molecular formula is C25H26N8O4S. The number of ether oxygens (including phenoxy) is 1. The Labute approximate surface area is 218 Å². The van der Waals surface area contributed by atoms with E-state index in [9.17, 15) is 13.5 Å². The highest BCUT2D eigenvalue weighted by Gasteiger charge is 2.33. The molecule has 0 aliphatic rings. The Morgan fingerprint density at radius 1 is 1.05 bits per heavy atom. The van der Waals surface area contributed by atoms with E-state index in [0.29, 0.717) is 11.5 Å². The van der Waals surface area contributed by atoms with E-state index in [-0.39, 0.29) is 29.0 Å². The fourth-order valence-electron chi connectivity index (χ4n) is 4.09. The van der Waals surface area contributed by atoms with Gasteiger partial charge in [-0.05, 0) is 37.6 Å². The number of nitrogens with one attached hydrogen (secondary N) is 2. The molecule has 3 heterocycles. The summed E-state index contributed by atoms with van der Waals surface area (Å²) in [5.74, 6) is 0.0409. The number of phenolic OH excluding ortho intramolecular Hbond substituents is 1. The quantitative estimate of drug-likeness (QED) is 0.270. The number of hydrogen-bond donors (Lipinski definition) is 3. The molecule has 0 aliphatic carbocycles. The van der Waals surface area contributed by atoms with Gasteiger partial charge in [0.1, 0.15) is 28.7 Å². The lowest BCUT2D eigenvalue weighted by Gasteiger charge is -2.21. The Bertz CT molecular complexity index is 1710. The predicted octanol–water partition coefficient (Wildman–Crippen LogP) is 3.56. The van der Waals surface area contributed by atoms with Gasteiger partial charge in [0.25, 0.3) is 0 Å². The Hall–Kier alpha value is -4.52. The van der Waals surface area contributed by atoms with Crippen molar-refractivity contribution < 1.29 is 18.3 Å². The highest BCUT2D eigenvalue weighted by Crippen LogP contribution is 2.38. The average Bonchev–Trinajstić information content (AvgIpc) is 3.51. The Morgan fingerprint density at radius 2 is 1.79 bits per heavy atom. The molecule has 0 saturated carbocycles. The number of phenols is 1. The van der Waals surface area contributed by atoms with Gasteiger partial charge in [0.05, 0.1) is 17.9 Å². The number of benzene rings is 2. The van der Waals surface area contributed by atoms with E-state index < -0.39 is 21.2 Å². The van der Waals surface area contributed by atoms with E-state index in [1.807, 2.05) is 31.2 Å². The van der Waals surface area contributed by atoms with Crippen molar-refractivity contribution in [2.45, 2.75) is 31.9 Å². The van der Waals surface area contributed by atoms with Crippen LogP contribution in [0, 0.1) is 6.92 Å². The third-order valence-corrected chi connectivity index (χ3v) is 8.26. The fourth-order valence-corrected chi connectivity index (χ4v) is 5.32. The Balaban J connectivity index is 1.63. The van der Waals surface area contributed by atoms with Crippen molar-refractivity contribution in [2.75, 3.05) is 11.8 Å². The summed E-state index contributed by atoms with van der Waals surface area (Å²) in [5.41, 5.74) is 2.20. The van der Waals surface area contributed by atoms with Gasteiger partial charge >= 0.3 is 0 Å². The molecule has 2 aromatic carbocycles. The van der Waals surface area contributed by atoms with Gasteiger partial charge < -0.3 is 9.84 Å². The van der Waals surface area contributed by atoms with Crippen LogP contribution in [0.15, 0.2) is 54.9 Å². The molecule has 3 N–H and O–H groups in total. The third-order valence-electron chi connectivity index (χ3n) is 6.40. The second-order valence-corrected chi connectivity index (χ2v) is 10.9. The Morgan fingerprint density at radius 3 is 2.53 bits per heavy atom. The van der Waals surface area contributed by atoms with E-state index in [0.717, 1.165) is 16.5 Å². The molecule has 196 valence electrons. The van der Waals surface area contributed by atoms with Crippen LogP contribution in [0.5, 0.6) is 11.5 Å². The molecule has 0 unspecified atom stereocenters. The zero-order chi connectivity index (χ0) is 27.0. The number of methoxy groups -OCH3 is 1. The van der Waals surface area contributed by atoms with Crippen LogP contribution in [-0.2, 0) is 10.0 Å². The van der Waals surface area contributed by atoms with Crippen molar-refractivity contribution in [3.63, 3.8) is 0 Å². The second-order valence-electron chi connectivity index (χ2n) is 8.89. The molecule has 3 aromatic heterocycles. The molecule has 5 rings (SSSR count). The summed E-state index contributed by atoms with van der Waals surface area (Å²) < 4.78 is 36.5. The standard InChI is InChI=1S/C25H26N8O4S/c1-14-12-26-23(27-13-14)15(2)16(3)38(35,36)32-25-31-30-24(21-17-8-5-6-9-18(17)28-29-21)33(25)22-19(34)10-7-11-20(22)37-4/h5-13,15-16,34H,1-4H3,(H,28,29)(H,31,32)/t15-,16-/m1/s1. The Kier molecular flexibility index (Phi) is 6.45. The minimum absolute atomic E-state index is 0.143. The molecule has 0 radical (unpaired) electrons. The van der Waals surface area contributed by atoms with Crippen molar-refractivity contribution in [3.8, 4) is 28.7 Å². The summed E-state index contributed by atoms with van der Waals surface area (Å²) in [6.07, 6.45) is 3.29. The number of para-hydroxylation sites is 2. The van der Waals surface area contributed by atoms with Gasteiger partial charge in [-0.1, -0.05) is 31.2 Å². The minimum atomic E-state index is -4.04. The average molecular weight is 535 g/mol. The number of sulfonamides is 1. The van der Waals surface area contributed by atoms with Crippen molar-refractivity contribution in [1.29, 1.82) is 0 Å². The molecule has 0 spiro atoms. The first-order valence-electron chi connectivity index (χ1n) is 11.8. The van der Waals surface area contributed by atoms with Crippen molar-refractivity contribution in [2.24, 2.45) is 0 Å². The zero-order valence-corrected chi connectivity index (χ0v) is 21.9. The highest BCUT2D eigenvalue weighted by molar-refractivity contribution is 7.93. The first-order chi connectivity index (χ1) is 18.2. The number of aromatic amines is 1. The number of nitrogens with zero attached hydrogens (tertiary/aromatic N) is 6. The molecule has 0 amide bonds. The zero-order valence-electron chi connectivity index (χ0n) is 21.1. The monoisotopic (exact) mass is 534 g/mol. The van der Waals surface area contributed by atoms with Crippen molar-refractivity contribution >= 4 is 26.9 Å². The van der Waals surface area contributed by atoms with Gasteiger partial charge in [0.2, 0.25) is 16.0 Å². The van der Waals surface area contributed by atoms with Crippen LogP contribution in [0.3, 0.4) is 0 Å². The number of aromatic nitrogens is 7. The number of rotatable bonds is 8. The van der Waals surface area contributed by atoms with Gasteiger partial charge in [0.15, 0.2) is 5.82 Å². The first-order valence-corrected chi connectivity index (χ1v) is 13.3. The molecule has 12 nitrogen and oxygen atoms in total. The normalized spacial score (nSPS) is 13.4. The number of fused-ring (bicyclic) bond motifs is 1. The molecule has 13 heteroatoms. The maximum absolute atomic E-state index is 13.5. The largest absolute Gasteiger partial charge is 0.506 e. The SMILES string of the molecule is COc1cccc(O)c1-n1c(NS(=O)(=O)[C@H](C)[C@@H](C)c2ncc(C)cn2)nnc1-c1n[nH]c2ccccc12.